The third-order valence-electron chi connectivity index (χ3n) is 2.81. The molecule has 0 aliphatic heterocycles. The average Bonchev–Trinajstić information content (AvgIpc) is 2.20. The smallest absolute Gasteiger partial charge is 0.0445 e. The molecule has 14 heavy (non-hydrogen) atoms. The highest BCUT2D eigenvalue weighted by molar-refractivity contribution is 6.33. The molecule has 0 spiro atoms. The van der Waals surface area contributed by atoms with E-state index in [-0.39, 0.29) is 5.41 Å². The van der Waals surface area contributed by atoms with Crippen molar-refractivity contribution in [1.82, 2.24) is 0 Å². The van der Waals surface area contributed by atoms with Crippen molar-refractivity contribution in [2.45, 2.75) is 25.7 Å². The van der Waals surface area contributed by atoms with E-state index in [9.17, 15) is 0 Å². The van der Waals surface area contributed by atoms with Crippen LogP contribution in [0.3, 0.4) is 0 Å². The number of benzene rings is 1. The van der Waals surface area contributed by atoms with E-state index in [0.717, 1.165) is 17.0 Å². The molecule has 1 aromatic carbocycles. The summed E-state index contributed by atoms with van der Waals surface area (Å²) in [5.41, 5.74) is 6.72. The van der Waals surface area contributed by atoms with Crippen LogP contribution in [0.5, 0.6) is 0 Å². The molecule has 1 atom stereocenters. The van der Waals surface area contributed by atoms with Gasteiger partial charge >= 0.3 is 0 Å². The van der Waals surface area contributed by atoms with Gasteiger partial charge in [-0.1, -0.05) is 37.0 Å². The lowest BCUT2D eigenvalue weighted by Crippen LogP contribution is -2.31. The van der Waals surface area contributed by atoms with Crippen LogP contribution in [0.25, 0.3) is 0 Å². The van der Waals surface area contributed by atoms with E-state index in [0.29, 0.717) is 11.6 Å². The van der Waals surface area contributed by atoms with Gasteiger partial charge < -0.3 is 5.73 Å². The Labute approximate surface area is 95.2 Å². The zero-order valence-corrected chi connectivity index (χ0v) is 9.99. The highest BCUT2D eigenvalue weighted by Gasteiger charge is 2.25. The normalized spacial score (nSPS) is 15.2. The molecule has 1 aromatic rings. The fourth-order valence-corrected chi connectivity index (χ4v) is 1.92. The Morgan fingerprint density at radius 1 is 1.36 bits per heavy atom. The van der Waals surface area contributed by atoms with E-state index in [1.54, 1.807) is 6.07 Å². The van der Waals surface area contributed by atoms with Gasteiger partial charge in [-0.2, -0.15) is 0 Å². The van der Waals surface area contributed by atoms with Crippen LogP contribution < -0.4 is 5.73 Å². The molecule has 1 unspecified atom stereocenters. The maximum atomic E-state index is 6.12. The maximum Gasteiger partial charge on any atom is 0.0445 e. The van der Waals surface area contributed by atoms with Crippen molar-refractivity contribution in [2.75, 3.05) is 6.54 Å². The minimum atomic E-state index is -0.0814. The molecule has 1 rings (SSSR count). The maximum absolute atomic E-state index is 6.12. The Hall–Kier alpha value is -0.240. The quantitative estimate of drug-likeness (QED) is 0.846. The first-order valence-corrected chi connectivity index (χ1v) is 5.44. The van der Waals surface area contributed by atoms with Gasteiger partial charge in [-0.25, -0.2) is 0 Å². The van der Waals surface area contributed by atoms with Crippen LogP contribution in [0.1, 0.15) is 25.8 Å². The molecule has 78 valence electrons. The lowest BCUT2D eigenvalue weighted by Gasteiger charge is -2.28. The number of hydrogen-bond acceptors (Lipinski definition) is 1. The lowest BCUT2D eigenvalue weighted by atomic mass is 9.80. The SMILES string of the molecule is CCC(C)(CN)c1cc(Cl)ccc1Cl. The monoisotopic (exact) mass is 231 g/mol. The molecule has 0 heterocycles. The molecule has 1 nitrogen and oxygen atoms in total. The summed E-state index contributed by atoms with van der Waals surface area (Å²) in [5.74, 6) is 0. The molecular formula is C11H15Cl2N. The van der Waals surface area contributed by atoms with Crippen molar-refractivity contribution in [3.8, 4) is 0 Å². The first-order valence-electron chi connectivity index (χ1n) is 4.69. The van der Waals surface area contributed by atoms with Crippen molar-refractivity contribution >= 4 is 23.2 Å². The summed E-state index contributed by atoms with van der Waals surface area (Å²) in [7, 11) is 0. The summed E-state index contributed by atoms with van der Waals surface area (Å²) >= 11 is 12.1. The molecule has 3 heteroatoms. The molecule has 0 saturated carbocycles. The summed E-state index contributed by atoms with van der Waals surface area (Å²) < 4.78 is 0. The summed E-state index contributed by atoms with van der Waals surface area (Å²) in [5, 5.41) is 1.45. The predicted molar refractivity (Wildman–Crippen MR) is 63.2 cm³/mol. The van der Waals surface area contributed by atoms with E-state index in [4.69, 9.17) is 28.9 Å². The van der Waals surface area contributed by atoms with Gasteiger partial charge in [-0.15, -0.1) is 0 Å². The molecule has 0 aliphatic rings. The van der Waals surface area contributed by atoms with E-state index in [1.165, 1.54) is 0 Å². The molecule has 0 bridgehead atoms. The molecule has 2 N–H and O–H groups in total. The van der Waals surface area contributed by atoms with Crippen LogP contribution in [0, 0.1) is 0 Å². The van der Waals surface area contributed by atoms with Crippen molar-refractivity contribution in [2.24, 2.45) is 5.73 Å². The van der Waals surface area contributed by atoms with Gasteiger partial charge in [-0.3, -0.25) is 0 Å². The molecule has 0 aliphatic carbocycles. The van der Waals surface area contributed by atoms with Gasteiger partial charge in [0.05, 0.1) is 0 Å². The second kappa shape index (κ2) is 4.52. The van der Waals surface area contributed by atoms with Crippen LogP contribution in [-0.2, 0) is 5.41 Å². The Morgan fingerprint density at radius 2 is 2.00 bits per heavy atom. The van der Waals surface area contributed by atoms with Gasteiger partial charge in [-0.05, 0) is 30.2 Å². The van der Waals surface area contributed by atoms with Gasteiger partial charge in [0.25, 0.3) is 0 Å². The second-order valence-corrected chi connectivity index (χ2v) is 4.59. The van der Waals surface area contributed by atoms with Crippen molar-refractivity contribution < 1.29 is 0 Å². The summed E-state index contributed by atoms with van der Waals surface area (Å²) in [6.45, 7) is 4.78. The molecule has 0 radical (unpaired) electrons. The van der Waals surface area contributed by atoms with Gasteiger partial charge in [0.2, 0.25) is 0 Å². The van der Waals surface area contributed by atoms with E-state index in [2.05, 4.69) is 13.8 Å². The fourth-order valence-electron chi connectivity index (χ4n) is 1.40. The highest BCUT2D eigenvalue weighted by Crippen LogP contribution is 2.33. The third-order valence-corrected chi connectivity index (χ3v) is 3.37. The van der Waals surface area contributed by atoms with E-state index >= 15 is 0 Å². The van der Waals surface area contributed by atoms with Crippen molar-refractivity contribution in [1.29, 1.82) is 0 Å². The molecule has 0 fully saturated rings. The van der Waals surface area contributed by atoms with Crippen LogP contribution in [0.15, 0.2) is 18.2 Å². The molecule has 0 amide bonds. The predicted octanol–water partition coefficient (Wildman–Crippen LogP) is 3.62. The zero-order valence-electron chi connectivity index (χ0n) is 8.48. The number of nitrogens with two attached hydrogens (primary N) is 1. The van der Waals surface area contributed by atoms with Gasteiger partial charge in [0.15, 0.2) is 0 Å². The van der Waals surface area contributed by atoms with Crippen LogP contribution in [0.2, 0.25) is 10.0 Å². The Balaban J connectivity index is 3.22. The topological polar surface area (TPSA) is 26.0 Å². The number of rotatable bonds is 3. The lowest BCUT2D eigenvalue weighted by molar-refractivity contribution is 0.467. The summed E-state index contributed by atoms with van der Waals surface area (Å²) in [4.78, 5) is 0. The largest absolute Gasteiger partial charge is 0.330 e. The van der Waals surface area contributed by atoms with Gasteiger partial charge in [0, 0.05) is 22.0 Å². The Morgan fingerprint density at radius 3 is 2.50 bits per heavy atom. The highest BCUT2D eigenvalue weighted by atomic mass is 35.5. The third kappa shape index (κ3) is 2.22. The molecular weight excluding hydrogens is 217 g/mol. The first kappa shape index (κ1) is 11.8. The van der Waals surface area contributed by atoms with Crippen LogP contribution in [0.4, 0.5) is 0 Å². The standard InChI is InChI=1S/C11H15Cl2N/c1-3-11(2,7-14)9-6-8(12)4-5-10(9)13/h4-6H,3,7,14H2,1-2H3. The number of halogens is 2. The fraction of sp³-hybridized carbons (Fsp3) is 0.455. The second-order valence-electron chi connectivity index (χ2n) is 3.74. The number of hydrogen-bond donors (Lipinski definition) is 1. The summed E-state index contributed by atoms with van der Waals surface area (Å²) in [6, 6.07) is 5.52. The average molecular weight is 232 g/mol. The minimum Gasteiger partial charge on any atom is -0.330 e. The Bertz CT molecular complexity index is 319. The minimum absolute atomic E-state index is 0.0814. The van der Waals surface area contributed by atoms with Crippen LogP contribution >= 0.6 is 23.2 Å². The van der Waals surface area contributed by atoms with E-state index in [1.807, 2.05) is 12.1 Å². The first-order chi connectivity index (χ1) is 6.53. The molecule has 0 aromatic heterocycles. The van der Waals surface area contributed by atoms with Gasteiger partial charge in [0.1, 0.15) is 0 Å². The van der Waals surface area contributed by atoms with Crippen LogP contribution in [-0.4, -0.2) is 6.54 Å². The Kier molecular flexibility index (Phi) is 3.82. The van der Waals surface area contributed by atoms with Crippen molar-refractivity contribution in [3.63, 3.8) is 0 Å². The summed E-state index contributed by atoms with van der Waals surface area (Å²) in [6.07, 6.45) is 0.948. The van der Waals surface area contributed by atoms with Crippen molar-refractivity contribution in [3.05, 3.63) is 33.8 Å². The molecule has 0 saturated heterocycles. The zero-order chi connectivity index (χ0) is 10.8. The van der Waals surface area contributed by atoms with E-state index < -0.39 is 0 Å².